The Balaban J connectivity index is 1.23. The largest absolute Gasteiger partial charge is 0.497 e. The number of esters is 1. The molecule has 63 heavy (non-hydrogen) atoms. The van der Waals surface area contributed by atoms with Gasteiger partial charge in [0.2, 0.25) is 13.3 Å². The third-order valence-electron chi connectivity index (χ3n) is 12.8. The molecule has 2 aromatic heterocycles. The van der Waals surface area contributed by atoms with Crippen LogP contribution >= 0.6 is 18.7 Å². The number of thiazole rings is 1. The molecule has 1 unspecified atom stereocenters. The van der Waals surface area contributed by atoms with Crippen molar-refractivity contribution < 1.29 is 42.8 Å². The number of methoxy groups -OCH3 is 2. The number of pyridine rings is 1. The van der Waals surface area contributed by atoms with Crippen molar-refractivity contribution in [2.45, 2.75) is 122 Å². The lowest BCUT2D eigenvalue weighted by Gasteiger charge is -2.35. The molecule has 1 amide bonds. The average Bonchev–Trinajstić information content (AvgIpc) is 3.63. The van der Waals surface area contributed by atoms with Crippen molar-refractivity contribution in [2.24, 2.45) is 17.3 Å². The van der Waals surface area contributed by atoms with Gasteiger partial charge in [-0.3, -0.25) is 18.9 Å². The van der Waals surface area contributed by atoms with Crippen LogP contribution in [0.25, 0.3) is 22.3 Å². The summed E-state index contributed by atoms with van der Waals surface area (Å²) in [6.45, 7) is 13.8. The average molecular weight is 901 g/mol. The van der Waals surface area contributed by atoms with Gasteiger partial charge < -0.3 is 34.1 Å². The zero-order valence-corrected chi connectivity index (χ0v) is 39.1. The molecule has 0 spiro atoms. The normalized spacial score (nSPS) is 22.7. The summed E-state index contributed by atoms with van der Waals surface area (Å²) >= 11 is 1.47. The molecule has 4 aromatic rings. The van der Waals surface area contributed by atoms with Gasteiger partial charge in [0.15, 0.2) is 10.9 Å². The molecular formula is C48H61N4O9PS. The zero-order valence-electron chi connectivity index (χ0n) is 37.4. The third kappa shape index (κ3) is 10.1. The fraction of sp³-hybridized carbons (Fsp3) is 0.521. The minimum absolute atomic E-state index is 0.0455. The molecule has 3 aliphatic rings. The highest BCUT2D eigenvalue weighted by atomic mass is 32.1. The first-order valence-corrected chi connectivity index (χ1v) is 24.6. The molecule has 2 saturated carbocycles. The van der Waals surface area contributed by atoms with Crippen LogP contribution in [0.15, 0.2) is 66.6 Å². The van der Waals surface area contributed by atoms with Gasteiger partial charge in [-0.2, -0.15) is 0 Å². The monoisotopic (exact) mass is 900 g/mol. The molecule has 2 aromatic carbocycles. The summed E-state index contributed by atoms with van der Waals surface area (Å²) in [6.07, 6.45) is 4.29. The van der Waals surface area contributed by atoms with Crippen LogP contribution in [0.5, 0.6) is 17.2 Å². The standard InChI is InChI=1S/C48H61N4O9PS/c1-9-31-24-48(31,62(56,57)27-30-14-10-13-17-42(30)59-8)25-41(53)40-21-34(26-52(40)45(55)36(47(4,5)6)22-44(54)61-32-15-11-12-16-32)60-43-23-38(39-28-63-46(51-39)49-29(2)3)50-37-20-33(58-7)18-19-35(37)43/h9-10,13-14,17-20,23,28-29,31-32,34,36,40H,1,11-12,15-16,21-22,24-27H2,2-8H3,(H,49,51)(H,56,57)/t31-,34-,36-,40+,48-/m1/s1. The number of amides is 1. The van der Waals surface area contributed by atoms with Crippen LogP contribution in [0.4, 0.5) is 5.13 Å². The number of hydrogen-bond donors (Lipinski definition) is 2. The quantitative estimate of drug-likeness (QED) is 0.0553. The van der Waals surface area contributed by atoms with E-state index in [2.05, 4.69) is 11.9 Å². The van der Waals surface area contributed by atoms with Crippen molar-refractivity contribution in [1.82, 2.24) is 14.9 Å². The molecule has 6 atom stereocenters. The molecule has 1 saturated heterocycles. The summed E-state index contributed by atoms with van der Waals surface area (Å²) in [5.74, 6) is -0.740. The minimum Gasteiger partial charge on any atom is -0.497 e. The van der Waals surface area contributed by atoms with Gasteiger partial charge in [-0.15, -0.1) is 17.9 Å². The van der Waals surface area contributed by atoms with Gasteiger partial charge in [0.1, 0.15) is 35.2 Å². The lowest BCUT2D eigenvalue weighted by atomic mass is 9.77. The van der Waals surface area contributed by atoms with Gasteiger partial charge in [0.05, 0.1) is 61.7 Å². The van der Waals surface area contributed by atoms with E-state index in [0.717, 1.165) is 30.8 Å². The molecule has 0 radical (unpaired) electrons. The molecular weight excluding hydrogens is 840 g/mol. The topological polar surface area (TPSA) is 166 Å². The molecule has 0 bridgehead atoms. The Morgan fingerprint density at radius 1 is 1.03 bits per heavy atom. The number of ketones is 1. The Morgan fingerprint density at radius 3 is 2.44 bits per heavy atom. The first kappa shape index (κ1) is 46.2. The van der Waals surface area contributed by atoms with Crippen molar-refractivity contribution in [3.05, 3.63) is 72.1 Å². The number of allylic oxidation sites excluding steroid dienone is 1. The fourth-order valence-corrected chi connectivity index (χ4v) is 12.6. The highest BCUT2D eigenvalue weighted by Gasteiger charge is 2.65. The summed E-state index contributed by atoms with van der Waals surface area (Å²) in [5, 5.41) is 5.46. The molecule has 3 fully saturated rings. The van der Waals surface area contributed by atoms with E-state index in [1.54, 1.807) is 42.4 Å². The second kappa shape index (κ2) is 18.7. The number of carbonyl (C=O) groups excluding carboxylic acids is 3. The van der Waals surface area contributed by atoms with Crippen LogP contribution in [0, 0.1) is 17.3 Å². The molecule has 2 N–H and O–H groups in total. The summed E-state index contributed by atoms with van der Waals surface area (Å²) in [5.41, 5.74) is 1.74. The lowest BCUT2D eigenvalue weighted by molar-refractivity contribution is -0.156. The number of Topliss-reactive ketones (excluding diaryl/α,β-unsaturated/α-hetero) is 1. The first-order chi connectivity index (χ1) is 29.9. The summed E-state index contributed by atoms with van der Waals surface area (Å²) in [4.78, 5) is 66.6. The van der Waals surface area contributed by atoms with Crippen molar-refractivity contribution >= 4 is 52.4 Å². The Bertz CT molecular complexity index is 2390. The predicted octanol–water partition coefficient (Wildman–Crippen LogP) is 9.46. The number of nitrogens with one attached hydrogen (secondary N) is 1. The Hall–Kier alpha value is -4.78. The van der Waals surface area contributed by atoms with E-state index in [4.69, 9.17) is 28.9 Å². The van der Waals surface area contributed by atoms with E-state index < -0.39 is 42.0 Å². The number of ether oxygens (including phenoxy) is 4. The maximum Gasteiger partial charge on any atom is 0.306 e. The number of hydrogen-bond acceptors (Lipinski definition) is 12. The number of nitrogens with zero attached hydrogens (tertiary/aromatic N) is 3. The van der Waals surface area contributed by atoms with Gasteiger partial charge in [-0.1, -0.05) is 45.0 Å². The molecule has 2 aliphatic carbocycles. The summed E-state index contributed by atoms with van der Waals surface area (Å²) in [6, 6.07) is 13.6. The summed E-state index contributed by atoms with van der Waals surface area (Å²) in [7, 11) is -0.974. The summed E-state index contributed by atoms with van der Waals surface area (Å²) < 4.78 is 38.3. The molecule has 7 rings (SSSR count). The number of benzene rings is 2. The van der Waals surface area contributed by atoms with Crippen molar-refractivity contribution in [3.63, 3.8) is 0 Å². The maximum absolute atomic E-state index is 15.0. The van der Waals surface area contributed by atoms with Crippen LogP contribution in [0.2, 0.25) is 0 Å². The number of carbonyl (C=O) groups is 3. The van der Waals surface area contributed by atoms with E-state index in [-0.39, 0.29) is 61.7 Å². The van der Waals surface area contributed by atoms with E-state index >= 15 is 4.79 Å². The van der Waals surface area contributed by atoms with Crippen LogP contribution in [0.1, 0.15) is 91.5 Å². The number of para-hydroxylation sites is 1. The Labute approximate surface area is 374 Å². The third-order valence-corrected chi connectivity index (χ3v) is 16.4. The fourth-order valence-electron chi connectivity index (χ4n) is 9.21. The predicted molar refractivity (Wildman–Crippen MR) is 246 cm³/mol. The van der Waals surface area contributed by atoms with Crippen LogP contribution in [-0.2, 0) is 29.8 Å². The highest BCUT2D eigenvalue weighted by molar-refractivity contribution is 7.59. The maximum atomic E-state index is 15.0. The molecule has 3 heterocycles. The number of aromatic nitrogens is 2. The smallest absolute Gasteiger partial charge is 0.306 e. The SMILES string of the molecule is C=C[C@@H]1C[C@]1(CC(=O)[C@@H]1C[C@@H](Oc2cc(-c3csc(NC(C)C)n3)nc3cc(OC)ccc23)CN1C(=O)[C@@H](CC(=O)OC1CCCC1)C(C)(C)C)P(=O)(O)Cc1ccccc1OC. The van der Waals surface area contributed by atoms with Gasteiger partial charge in [0.25, 0.3) is 0 Å². The Morgan fingerprint density at radius 2 is 1.78 bits per heavy atom. The van der Waals surface area contributed by atoms with Gasteiger partial charge in [0, 0.05) is 47.3 Å². The Kier molecular flexibility index (Phi) is 13.8. The number of fused-ring (bicyclic) bond motifs is 1. The number of anilines is 1. The highest BCUT2D eigenvalue weighted by Crippen LogP contribution is 2.74. The zero-order chi connectivity index (χ0) is 45.3. The molecule has 13 nitrogen and oxygen atoms in total. The second-order valence-electron chi connectivity index (χ2n) is 18.7. The van der Waals surface area contributed by atoms with Crippen molar-refractivity contribution in [2.75, 3.05) is 26.1 Å². The molecule has 15 heteroatoms. The van der Waals surface area contributed by atoms with E-state index in [1.807, 2.05) is 64.3 Å². The van der Waals surface area contributed by atoms with E-state index in [0.29, 0.717) is 51.5 Å². The van der Waals surface area contributed by atoms with Crippen molar-refractivity contribution in [3.8, 4) is 28.6 Å². The van der Waals surface area contributed by atoms with Gasteiger partial charge in [-0.25, -0.2) is 9.97 Å². The number of likely N-dealkylation sites (tertiary alicyclic amines) is 1. The lowest BCUT2D eigenvalue weighted by Crippen LogP contribution is -2.48. The van der Waals surface area contributed by atoms with Crippen molar-refractivity contribution in [1.29, 1.82) is 0 Å². The number of rotatable bonds is 18. The van der Waals surface area contributed by atoms with Gasteiger partial charge >= 0.3 is 5.97 Å². The van der Waals surface area contributed by atoms with Crippen LogP contribution < -0.4 is 19.5 Å². The second-order valence-corrected chi connectivity index (χ2v) is 22.2. The molecule has 1 aliphatic heterocycles. The van der Waals surface area contributed by atoms with E-state index in [9.17, 15) is 19.0 Å². The van der Waals surface area contributed by atoms with Crippen LogP contribution in [-0.4, -0.2) is 87.6 Å². The van der Waals surface area contributed by atoms with Gasteiger partial charge in [-0.05, 0) is 75.5 Å². The first-order valence-electron chi connectivity index (χ1n) is 21.9. The van der Waals surface area contributed by atoms with Crippen LogP contribution in [0.3, 0.4) is 0 Å². The molecule has 338 valence electrons. The minimum atomic E-state index is -4.08. The van der Waals surface area contributed by atoms with E-state index in [1.165, 1.54) is 18.4 Å².